The highest BCUT2D eigenvalue weighted by atomic mass is 16.6. The molecule has 12 heteroatoms. The lowest BCUT2D eigenvalue weighted by atomic mass is 9.87. The van der Waals surface area contributed by atoms with Crippen LogP contribution in [-0.2, 0) is 23.9 Å². The van der Waals surface area contributed by atoms with Crippen LogP contribution in [-0.4, -0.2) is 97.1 Å². The van der Waals surface area contributed by atoms with E-state index in [0.29, 0.717) is 49.8 Å². The topological polar surface area (TPSA) is 138 Å². The fourth-order valence-corrected chi connectivity index (χ4v) is 5.68. The fraction of sp³-hybridized carbons (Fsp3) is 0.688. The van der Waals surface area contributed by atoms with Gasteiger partial charge in [0.1, 0.15) is 11.4 Å². The van der Waals surface area contributed by atoms with Crippen molar-refractivity contribution in [3.8, 4) is 5.75 Å². The second kappa shape index (κ2) is 13.7. The largest absolute Gasteiger partial charge is 0.476 e. The molecule has 1 saturated heterocycles. The first-order chi connectivity index (χ1) is 20.8. The van der Waals surface area contributed by atoms with E-state index in [1.165, 1.54) is 4.90 Å². The summed E-state index contributed by atoms with van der Waals surface area (Å²) >= 11 is 0. The Morgan fingerprint density at radius 2 is 1.86 bits per heavy atom. The number of fused-ring (bicyclic) bond motifs is 1. The summed E-state index contributed by atoms with van der Waals surface area (Å²) in [6.45, 7) is 12.4. The second-order valence-electron chi connectivity index (χ2n) is 13.2. The molecule has 2 heterocycles. The molecule has 12 nitrogen and oxygen atoms in total. The van der Waals surface area contributed by atoms with Crippen LogP contribution in [0.15, 0.2) is 18.2 Å². The van der Waals surface area contributed by atoms with Gasteiger partial charge in [-0.2, -0.15) is 0 Å². The summed E-state index contributed by atoms with van der Waals surface area (Å²) < 4.78 is 17.0. The van der Waals surface area contributed by atoms with E-state index in [9.17, 15) is 24.3 Å². The van der Waals surface area contributed by atoms with Crippen molar-refractivity contribution in [2.75, 3.05) is 55.8 Å². The lowest BCUT2D eigenvalue weighted by Crippen LogP contribution is -2.54. The van der Waals surface area contributed by atoms with E-state index < -0.39 is 29.1 Å². The van der Waals surface area contributed by atoms with Crippen molar-refractivity contribution in [3.05, 3.63) is 18.2 Å². The first kappa shape index (κ1) is 33.5. The number of nitrogens with one attached hydrogen (secondary N) is 1. The molecule has 44 heavy (non-hydrogen) atoms. The van der Waals surface area contributed by atoms with Crippen LogP contribution < -0.4 is 19.9 Å². The van der Waals surface area contributed by atoms with Gasteiger partial charge in [-0.1, -0.05) is 0 Å². The fourth-order valence-electron chi connectivity index (χ4n) is 5.68. The number of anilines is 2. The van der Waals surface area contributed by atoms with Crippen molar-refractivity contribution < 1.29 is 38.5 Å². The number of aliphatic hydroxyl groups excluding tert-OH is 1. The van der Waals surface area contributed by atoms with Crippen molar-refractivity contribution in [2.45, 2.75) is 84.5 Å². The number of carbonyl (C=O) groups excluding carboxylic acids is 4. The van der Waals surface area contributed by atoms with Crippen LogP contribution >= 0.6 is 0 Å². The Kier molecular flexibility index (Phi) is 10.5. The van der Waals surface area contributed by atoms with Crippen molar-refractivity contribution in [1.29, 1.82) is 0 Å². The molecule has 3 aliphatic rings. The van der Waals surface area contributed by atoms with Crippen LogP contribution in [0.5, 0.6) is 5.75 Å². The number of hydrogen-bond donors (Lipinski definition) is 2. The van der Waals surface area contributed by atoms with Gasteiger partial charge in [0.2, 0.25) is 11.8 Å². The number of likely N-dealkylation sites (tertiary alicyclic amines) is 1. The van der Waals surface area contributed by atoms with Gasteiger partial charge < -0.3 is 39.3 Å². The summed E-state index contributed by atoms with van der Waals surface area (Å²) in [5.41, 5.74) is -0.637. The number of piperidine rings is 1. The Balaban J connectivity index is 1.62. The molecule has 2 fully saturated rings. The molecule has 2 unspecified atom stereocenters. The summed E-state index contributed by atoms with van der Waals surface area (Å²) in [6.07, 6.45) is 1.76. The second-order valence-corrected chi connectivity index (χ2v) is 13.2. The molecule has 0 spiro atoms. The molecular weight excluding hydrogens is 568 g/mol. The third-order valence-corrected chi connectivity index (χ3v) is 7.90. The van der Waals surface area contributed by atoms with E-state index in [1.807, 2.05) is 13.0 Å². The van der Waals surface area contributed by atoms with E-state index in [1.54, 1.807) is 56.6 Å². The molecule has 1 aromatic rings. The van der Waals surface area contributed by atoms with Crippen LogP contribution in [0.1, 0.15) is 67.2 Å². The molecule has 2 atom stereocenters. The molecule has 4 rings (SSSR count). The minimum absolute atomic E-state index is 0.0292. The predicted octanol–water partition coefficient (Wildman–Crippen LogP) is 3.09. The Morgan fingerprint density at radius 3 is 2.50 bits per heavy atom. The van der Waals surface area contributed by atoms with Crippen LogP contribution in [0.2, 0.25) is 0 Å². The van der Waals surface area contributed by atoms with Gasteiger partial charge in [-0.3, -0.25) is 14.4 Å². The van der Waals surface area contributed by atoms with E-state index in [0.717, 1.165) is 12.8 Å². The van der Waals surface area contributed by atoms with Crippen LogP contribution in [0.3, 0.4) is 0 Å². The number of nitrogens with zero attached hydrogens (tertiary/aromatic N) is 3. The van der Waals surface area contributed by atoms with E-state index in [-0.39, 0.29) is 49.9 Å². The minimum Gasteiger partial charge on any atom is -0.476 e. The molecular formula is C32H48N4O8. The van der Waals surface area contributed by atoms with Gasteiger partial charge in [0, 0.05) is 51.1 Å². The zero-order valence-corrected chi connectivity index (χ0v) is 26.9. The average Bonchev–Trinajstić information content (AvgIpc) is 3.80. The maximum Gasteiger partial charge on any atom is 0.410 e. The zero-order chi connectivity index (χ0) is 32.2. The monoisotopic (exact) mass is 616 g/mol. The molecule has 4 amide bonds. The SMILES string of the molecule is CCOCCNC(=O)C1CC(C(=O)N(c2ccc3c(c2)N(CCCO)C(=O)C(C)(C)O3)C2CC2)CN(C(=O)OC(C)(C)C)C1. The number of ether oxygens (including phenoxy) is 3. The standard InChI is InChI=1S/C32H48N4O8/c1-7-42-16-13-33-27(38)21-17-22(20-34(19-21)30(41)44-31(2,3)4)28(39)36(23-9-10-23)24-11-12-26-25(18-24)35(14-8-15-37)29(40)32(5,6)43-26/h11-12,18,21-23,37H,7-10,13-17,19-20H2,1-6H3,(H,33,38). The summed E-state index contributed by atoms with van der Waals surface area (Å²) in [7, 11) is 0. The first-order valence-corrected chi connectivity index (χ1v) is 15.7. The number of rotatable bonds is 11. The number of aliphatic hydroxyl groups is 1. The van der Waals surface area contributed by atoms with Crippen molar-refractivity contribution in [2.24, 2.45) is 11.8 Å². The van der Waals surface area contributed by atoms with Crippen LogP contribution in [0, 0.1) is 11.8 Å². The normalized spacial score (nSPS) is 21.3. The van der Waals surface area contributed by atoms with Crippen molar-refractivity contribution in [1.82, 2.24) is 10.2 Å². The van der Waals surface area contributed by atoms with E-state index >= 15 is 0 Å². The van der Waals surface area contributed by atoms with Crippen molar-refractivity contribution in [3.63, 3.8) is 0 Å². The van der Waals surface area contributed by atoms with Gasteiger partial charge in [-0.25, -0.2) is 4.79 Å². The molecule has 0 radical (unpaired) electrons. The Hall–Kier alpha value is -3.38. The highest BCUT2D eigenvalue weighted by Crippen LogP contribution is 2.43. The summed E-state index contributed by atoms with van der Waals surface area (Å²) in [5.74, 6) is -1.36. The summed E-state index contributed by atoms with van der Waals surface area (Å²) in [5, 5.41) is 12.3. The smallest absolute Gasteiger partial charge is 0.410 e. The van der Waals surface area contributed by atoms with Gasteiger partial charge in [0.25, 0.3) is 5.91 Å². The Labute approximate surface area is 260 Å². The van der Waals surface area contributed by atoms with E-state index in [4.69, 9.17) is 14.2 Å². The zero-order valence-electron chi connectivity index (χ0n) is 26.9. The highest BCUT2D eigenvalue weighted by molar-refractivity contribution is 6.04. The number of benzene rings is 1. The molecule has 1 aliphatic carbocycles. The molecule has 0 bridgehead atoms. The average molecular weight is 617 g/mol. The van der Waals surface area contributed by atoms with Crippen molar-refractivity contribution >= 4 is 35.2 Å². The molecule has 2 N–H and O–H groups in total. The third kappa shape index (κ3) is 8.01. The number of carbonyl (C=O) groups is 4. The first-order valence-electron chi connectivity index (χ1n) is 15.7. The van der Waals surface area contributed by atoms with E-state index in [2.05, 4.69) is 5.32 Å². The van der Waals surface area contributed by atoms with Gasteiger partial charge >= 0.3 is 6.09 Å². The van der Waals surface area contributed by atoms with Crippen LogP contribution in [0.25, 0.3) is 0 Å². The maximum atomic E-state index is 14.3. The third-order valence-electron chi connectivity index (χ3n) is 7.90. The van der Waals surface area contributed by atoms with Gasteiger partial charge in [-0.15, -0.1) is 0 Å². The molecule has 0 aromatic heterocycles. The Bertz CT molecular complexity index is 1230. The molecule has 1 aromatic carbocycles. The Morgan fingerprint density at radius 1 is 1.16 bits per heavy atom. The predicted molar refractivity (Wildman–Crippen MR) is 165 cm³/mol. The maximum absolute atomic E-state index is 14.3. The quantitative estimate of drug-likeness (QED) is 0.362. The molecule has 244 valence electrons. The number of amides is 4. The van der Waals surface area contributed by atoms with Crippen LogP contribution in [0.4, 0.5) is 16.2 Å². The molecule has 1 saturated carbocycles. The minimum atomic E-state index is -1.07. The van der Waals surface area contributed by atoms with Gasteiger partial charge in [0.05, 0.1) is 24.1 Å². The lowest BCUT2D eigenvalue weighted by Gasteiger charge is -2.40. The van der Waals surface area contributed by atoms with Gasteiger partial charge in [0.15, 0.2) is 5.60 Å². The summed E-state index contributed by atoms with van der Waals surface area (Å²) in [6, 6.07) is 5.36. The van der Waals surface area contributed by atoms with Gasteiger partial charge in [-0.05, 0) is 85.4 Å². The lowest BCUT2D eigenvalue weighted by molar-refractivity contribution is -0.133. The summed E-state index contributed by atoms with van der Waals surface area (Å²) in [4.78, 5) is 58.8. The highest BCUT2D eigenvalue weighted by Gasteiger charge is 2.45. The molecule has 2 aliphatic heterocycles. The number of hydrogen-bond acceptors (Lipinski definition) is 8.